The van der Waals surface area contributed by atoms with Crippen molar-refractivity contribution in [1.82, 2.24) is 15.8 Å². The summed E-state index contributed by atoms with van der Waals surface area (Å²) in [6.07, 6.45) is 2.87. The van der Waals surface area contributed by atoms with Crippen LogP contribution in [0.15, 0.2) is 16.6 Å². The Kier molecular flexibility index (Phi) is 5.00. The van der Waals surface area contributed by atoms with Crippen LogP contribution in [0.2, 0.25) is 0 Å². The first-order valence-electron chi connectivity index (χ1n) is 7.84. The van der Waals surface area contributed by atoms with Crippen molar-refractivity contribution >= 4 is 21.8 Å². The molecule has 2 heterocycles. The molecule has 0 aromatic heterocycles. The molecule has 1 aromatic carbocycles. The van der Waals surface area contributed by atoms with E-state index < -0.39 is 0 Å². The summed E-state index contributed by atoms with van der Waals surface area (Å²) in [6.45, 7) is 5.32. The van der Waals surface area contributed by atoms with Gasteiger partial charge in [-0.1, -0.05) is 15.9 Å². The average molecular weight is 368 g/mol. The second kappa shape index (κ2) is 6.98. The highest BCUT2D eigenvalue weighted by Crippen LogP contribution is 2.31. The molecule has 0 saturated carbocycles. The quantitative estimate of drug-likeness (QED) is 0.855. The average Bonchev–Trinajstić information content (AvgIpc) is 2.89. The molecule has 1 amide bonds. The van der Waals surface area contributed by atoms with Crippen molar-refractivity contribution in [3.8, 4) is 5.75 Å². The maximum Gasteiger partial charge on any atom is 0.238 e. The fraction of sp³-hybridized carbons (Fsp3) is 0.562. The molecule has 2 aliphatic rings. The molecule has 0 unspecified atom stereocenters. The fourth-order valence-corrected chi connectivity index (χ4v) is 3.62. The fourth-order valence-electron chi connectivity index (χ4n) is 3.00. The summed E-state index contributed by atoms with van der Waals surface area (Å²) in [6, 6.07) is 4.12. The maximum absolute atomic E-state index is 11.9. The Morgan fingerprint density at radius 3 is 2.77 bits per heavy atom. The molecule has 0 spiro atoms. The van der Waals surface area contributed by atoms with Crippen LogP contribution in [0, 0.1) is 6.92 Å². The summed E-state index contributed by atoms with van der Waals surface area (Å²) in [5.41, 5.74) is 5.28. The SMILES string of the molecule is Cc1cc(Br)cc(CN2NCCC2=O)c1OC1CCNCC1. The van der Waals surface area contributed by atoms with Crippen LogP contribution < -0.4 is 15.5 Å². The van der Waals surface area contributed by atoms with Crippen LogP contribution >= 0.6 is 15.9 Å². The Bertz CT molecular complexity index is 559. The summed E-state index contributed by atoms with van der Waals surface area (Å²) >= 11 is 3.55. The van der Waals surface area contributed by atoms with Crippen LogP contribution in [0.4, 0.5) is 0 Å². The Labute approximate surface area is 139 Å². The largest absolute Gasteiger partial charge is 0.490 e. The first-order valence-corrected chi connectivity index (χ1v) is 8.63. The van der Waals surface area contributed by atoms with E-state index in [0.717, 1.165) is 53.8 Å². The van der Waals surface area contributed by atoms with Crippen LogP contribution in [-0.4, -0.2) is 36.7 Å². The number of nitrogens with zero attached hydrogens (tertiary/aromatic N) is 1. The summed E-state index contributed by atoms with van der Waals surface area (Å²) < 4.78 is 7.31. The number of carbonyl (C=O) groups excluding carboxylic acids is 1. The van der Waals surface area contributed by atoms with Gasteiger partial charge in [0.25, 0.3) is 0 Å². The number of benzene rings is 1. The van der Waals surface area contributed by atoms with Gasteiger partial charge in [-0.05, 0) is 50.6 Å². The lowest BCUT2D eigenvalue weighted by molar-refractivity contribution is -0.130. The van der Waals surface area contributed by atoms with Crippen molar-refractivity contribution < 1.29 is 9.53 Å². The predicted molar refractivity (Wildman–Crippen MR) is 88.6 cm³/mol. The number of rotatable bonds is 4. The number of piperidine rings is 1. The highest BCUT2D eigenvalue weighted by molar-refractivity contribution is 9.10. The van der Waals surface area contributed by atoms with Gasteiger partial charge >= 0.3 is 0 Å². The summed E-state index contributed by atoms with van der Waals surface area (Å²) in [5, 5.41) is 5.04. The van der Waals surface area contributed by atoms with E-state index in [1.807, 2.05) is 0 Å². The minimum absolute atomic E-state index is 0.144. The molecule has 6 heteroatoms. The lowest BCUT2D eigenvalue weighted by Gasteiger charge is -2.27. The zero-order chi connectivity index (χ0) is 15.5. The molecule has 5 nitrogen and oxygen atoms in total. The molecular formula is C16H22BrN3O2. The number of ether oxygens (including phenoxy) is 1. The van der Waals surface area contributed by atoms with E-state index in [1.165, 1.54) is 0 Å². The lowest BCUT2D eigenvalue weighted by atomic mass is 10.1. The van der Waals surface area contributed by atoms with Crippen LogP contribution in [0.25, 0.3) is 0 Å². The number of hydrazine groups is 1. The maximum atomic E-state index is 11.9. The third-order valence-corrected chi connectivity index (χ3v) is 4.62. The van der Waals surface area contributed by atoms with Crippen LogP contribution in [0.1, 0.15) is 30.4 Å². The molecule has 0 radical (unpaired) electrons. The Balaban J connectivity index is 1.81. The Morgan fingerprint density at radius 2 is 2.09 bits per heavy atom. The van der Waals surface area contributed by atoms with E-state index in [1.54, 1.807) is 5.01 Å². The zero-order valence-electron chi connectivity index (χ0n) is 12.8. The molecule has 0 atom stereocenters. The van der Waals surface area contributed by atoms with Gasteiger partial charge in [-0.25, -0.2) is 5.43 Å². The molecule has 2 aliphatic heterocycles. The van der Waals surface area contributed by atoms with Crippen LogP contribution in [0.3, 0.4) is 0 Å². The number of nitrogens with one attached hydrogen (secondary N) is 2. The topological polar surface area (TPSA) is 53.6 Å². The van der Waals surface area contributed by atoms with E-state index in [9.17, 15) is 4.79 Å². The molecule has 2 saturated heterocycles. The van der Waals surface area contributed by atoms with Crippen molar-refractivity contribution in [3.05, 3.63) is 27.7 Å². The number of aryl methyl sites for hydroxylation is 1. The van der Waals surface area contributed by atoms with Crippen molar-refractivity contribution in [3.63, 3.8) is 0 Å². The standard InChI is InChI=1S/C16H22BrN3O2/c1-11-8-13(17)9-12(10-20-15(21)4-7-19-20)16(11)22-14-2-5-18-6-3-14/h8-9,14,18-19H,2-7,10H2,1H3. The summed E-state index contributed by atoms with van der Waals surface area (Å²) in [7, 11) is 0. The summed E-state index contributed by atoms with van der Waals surface area (Å²) in [4.78, 5) is 11.9. The van der Waals surface area contributed by atoms with Crippen molar-refractivity contribution in [2.75, 3.05) is 19.6 Å². The third kappa shape index (κ3) is 3.62. The van der Waals surface area contributed by atoms with Gasteiger partial charge in [0.1, 0.15) is 11.9 Å². The second-order valence-corrected chi connectivity index (χ2v) is 6.83. The van der Waals surface area contributed by atoms with Gasteiger partial charge in [0.15, 0.2) is 0 Å². The van der Waals surface area contributed by atoms with E-state index in [-0.39, 0.29) is 12.0 Å². The van der Waals surface area contributed by atoms with Gasteiger partial charge in [0.05, 0.1) is 6.54 Å². The molecule has 3 rings (SSSR count). The molecule has 120 valence electrons. The first-order chi connectivity index (χ1) is 10.6. The van der Waals surface area contributed by atoms with Gasteiger partial charge in [0.2, 0.25) is 5.91 Å². The number of halogens is 1. The first kappa shape index (κ1) is 15.8. The molecule has 0 aliphatic carbocycles. The number of carbonyl (C=O) groups is 1. The number of hydrogen-bond acceptors (Lipinski definition) is 4. The smallest absolute Gasteiger partial charge is 0.238 e. The zero-order valence-corrected chi connectivity index (χ0v) is 14.4. The van der Waals surface area contributed by atoms with E-state index in [2.05, 4.69) is 45.7 Å². The monoisotopic (exact) mass is 367 g/mol. The van der Waals surface area contributed by atoms with Crippen molar-refractivity contribution in [1.29, 1.82) is 0 Å². The molecule has 2 fully saturated rings. The predicted octanol–water partition coefficient (Wildman–Crippen LogP) is 2.13. The minimum atomic E-state index is 0.144. The van der Waals surface area contributed by atoms with Gasteiger partial charge in [-0.15, -0.1) is 0 Å². The number of amides is 1. The Morgan fingerprint density at radius 1 is 1.32 bits per heavy atom. The number of hydrogen-bond donors (Lipinski definition) is 2. The Hall–Kier alpha value is -1.11. The van der Waals surface area contributed by atoms with Crippen LogP contribution in [-0.2, 0) is 11.3 Å². The highest BCUT2D eigenvalue weighted by atomic mass is 79.9. The van der Waals surface area contributed by atoms with Crippen molar-refractivity contribution in [2.45, 2.75) is 38.8 Å². The van der Waals surface area contributed by atoms with E-state index in [0.29, 0.717) is 13.0 Å². The lowest BCUT2D eigenvalue weighted by Crippen LogP contribution is -2.35. The highest BCUT2D eigenvalue weighted by Gasteiger charge is 2.23. The van der Waals surface area contributed by atoms with E-state index >= 15 is 0 Å². The minimum Gasteiger partial charge on any atom is -0.490 e. The van der Waals surface area contributed by atoms with Crippen molar-refractivity contribution in [2.24, 2.45) is 0 Å². The normalized spacial score (nSPS) is 19.7. The summed E-state index contributed by atoms with van der Waals surface area (Å²) in [5.74, 6) is 1.07. The molecule has 22 heavy (non-hydrogen) atoms. The second-order valence-electron chi connectivity index (χ2n) is 5.92. The molecule has 0 bridgehead atoms. The van der Waals surface area contributed by atoms with Gasteiger partial charge < -0.3 is 10.1 Å². The third-order valence-electron chi connectivity index (χ3n) is 4.16. The van der Waals surface area contributed by atoms with Crippen LogP contribution in [0.5, 0.6) is 5.75 Å². The van der Waals surface area contributed by atoms with Gasteiger partial charge in [-0.2, -0.15) is 0 Å². The van der Waals surface area contributed by atoms with Gasteiger partial charge in [0, 0.05) is 23.0 Å². The molecule has 1 aromatic rings. The molecular weight excluding hydrogens is 346 g/mol. The van der Waals surface area contributed by atoms with Gasteiger partial charge in [-0.3, -0.25) is 9.80 Å². The van der Waals surface area contributed by atoms with E-state index in [4.69, 9.17) is 4.74 Å². The molecule has 2 N–H and O–H groups in total.